The first-order valence-corrected chi connectivity index (χ1v) is 6.83. The molecular weight excluding hydrogens is 304 g/mol. The Labute approximate surface area is 135 Å². The maximum atomic E-state index is 10.6. The number of nitro benzene ring substituents is 1. The predicted octanol–water partition coefficient (Wildman–Crippen LogP) is 2.88. The highest BCUT2D eigenvalue weighted by atomic mass is 35.5. The van der Waals surface area contributed by atoms with E-state index < -0.39 is 4.92 Å². The second kappa shape index (κ2) is 9.15. The molecule has 2 aromatic carbocycles. The van der Waals surface area contributed by atoms with Gasteiger partial charge in [0.1, 0.15) is 0 Å². The van der Waals surface area contributed by atoms with Crippen LogP contribution < -0.4 is 5.32 Å². The van der Waals surface area contributed by atoms with Crippen molar-refractivity contribution in [2.45, 2.75) is 12.5 Å². The van der Waals surface area contributed by atoms with E-state index in [9.17, 15) is 15.2 Å². The van der Waals surface area contributed by atoms with E-state index in [0.29, 0.717) is 6.54 Å². The van der Waals surface area contributed by atoms with Crippen molar-refractivity contribution < 1.29 is 10.0 Å². The molecule has 0 spiro atoms. The topological polar surface area (TPSA) is 75.4 Å². The maximum Gasteiger partial charge on any atom is 0.269 e. The summed E-state index contributed by atoms with van der Waals surface area (Å²) in [5.41, 5.74) is 2.17. The summed E-state index contributed by atoms with van der Waals surface area (Å²) in [7, 11) is 0. The molecule has 0 bridgehead atoms. The van der Waals surface area contributed by atoms with Crippen LogP contribution in [0.5, 0.6) is 0 Å². The lowest BCUT2D eigenvalue weighted by atomic mass is 10.1. The van der Waals surface area contributed by atoms with Gasteiger partial charge in [0, 0.05) is 12.1 Å². The van der Waals surface area contributed by atoms with Crippen molar-refractivity contribution in [2.24, 2.45) is 0 Å². The second-order valence-corrected chi connectivity index (χ2v) is 4.77. The van der Waals surface area contributed by atoms with Crippen molar-refractivity contribution in [1.29, 1.82) is 0 Å². The van der Waals surface area contributed by atoms with Crippen molar-refractivity contribution in [3.05, 3.63) is 75.8 Å². The van der Waals surface area contributed by atoms with E-state index >= 15 is 0 Å². The molecule has 2 aromatic rings. The molecule has 0 unspecified atom stereocenters. The van der Waals surface area contributed by atoms with E-state index in [4.69, 9.17) is 0 Å². The van der Waals surface area contributed by atoms with Crippen LogP contribution in [0.3, 0.4) is 0 Å². The van der Waals surface area contributed by atoms with Gasteiger partial charge in [-0.05, 0) is 24.1 Å². The van der Waals surface area contributed by atoms with Gasteiger partial charge in [-0.3, -0.25) is 10.1 Å². The molecule has 0 aliphatic rings. The molecular formula is C16H19ClN2O3. The van der Waals surface area contributed by atoms with Crippen LogP contribution in [0.4, 0.5) is 5.69 Å². The summed E-state index contributed by atoms with van der Waals surface area (Å²) < 4.78 is 0. The number of nitrogens with one attached hydrogen (secondary N) is 1. The summed E-state index contributed by atoms with van der Waals surface area (Å²) in [6, 6.07) is 16.2. The van der Waals surface area contributed by atoms with Crippen LogP contribution in [0.15, 0.2) is 54.6 Å². The lowest BCUT2D eigenvalue weighted by molar-refractivity contribution is -0.384. The zero-order valence-electron chi connectivity index (χ0n) is 12.0. The van der Waals surface area contributed by atoms with Crippen LogP contribution in [0, 0.1) is 10.1 Å². The fraction of sp³-hybridized carbons (Fsp3) is 0.250. The number of aliphatic hydroxyl groups is 1. The summed E-state index contributed by atoms with van der Waals surface area (Å²) in [6.07, 6.45) is 0.751. The third kappa shape index (κ3) is 5.11. The number of benzene rings is 2. The van der Waals surface area contributed by atoms with Crippen LogP contribution >= 0.6 is 12.4 Å². The molecule has 0 aliphatic heterocycles. The first-order valence-electron chi connectivity index (χ1n) is 6.83. The molecule has 0 amide bonds. The normalized spacial score (nSPS) is 11.5. The van der Waals surface area contributed by atoms with Gasteiger partial charge >= 0.3 is 0 Å². The molecule has 1 atom stereocenters. The summed E-state index contributed by atoms with van der Waals surface area (Å²) >= 11 is 0. The number of halogens is 1. The Morgan fingerprint density at radius 1 is 1.09 bits per heavy atom. The third-order valence-electron chi connectivity index (χ3n) is 3.34. The van der Waals surface area contributed by atoms with Crippen molar-refractivity contribution >= 4 is 18.1 Å². The molecule has 0 fully saturated rings. The molecule has 5 nitrogen and oxygen atoms in total. The van der Waals surface area contributed by atoms with Crippen LogP contribution in [0.2, 0.25) is 0 Å². The van der Waals surface area contributed by atoms with Gasteiger partial charge < -0.3 is 10.4 Å². The Bertz CT molecular complexity index is 576. The van der Waals surface area contributed by atoms with Crippen LogP contribution in [0.25, 0.3) is 0 Å². The number of nitrogens with zero attached hydrogens (tertiary/aromatic N) is 1. The van der Waals surface area contributed by atoms with E-state index in [1.54, 1.807) is 12.1 Å². The average molecular weight is 323 g/mol. The smallest absolute Gasteiger partial charge is 0.269 e. The minimum absolute atomic E-state index is 0. The zero-order chi connectivity index (χ0) is 15.1. The van der Waals surface area contributed by atoms with E-state index in [1.165, 1.54) is 12.1 Å². The van der Waals surface area contributed by atoms with Crippen molar-refractivity contribution in [2.75, 3.05) is 13.2 Å². The fourth-order valence-corrected chi connectivity index (χ4v) is 2.15. The Morgan fingerprint density at radius 2 is 1.73 bits per heavy atom. The van der Waals surface area contributed by atoms with Crippen LogP contribution in [-0.2, 0) is 6.42 Å². The SMILES string of the molecule is Cl.O=[N+]([O-])c1ccc(CCN[C@@H](CO)c2ccccc2)cc1. The third-order valence-corrected chi connectivity index (χ3v) is 3.34. The Morgan fingerprint density at radius 3 is 2.27 bits per heavy atom. The van der Waals surface area contributed by atoms with E-state index in [1.807, 2.05) is 30.3 Å². The van der Waals surface area contributed by atoms with E-state index in [0.717, 1.165) is 17.5 Å². The van der Waals surface area contributed by atoms with Gasteiger partial charge in [0.15, 0.2) is 0 Å². The van der Waals surface area contributed by atoms with Gasteiger partial charge in [0.2, 0.25) is 0 Å². The van der Waals surface area contributed by atoms with Gasteiger partial charge in [-0.15, -0.1) is 12.4 Å². The van der Waals surface area contributed by atoms with Gasteiger partial charge in [0.05, 0.1) is 17.6 Å². The highest BCUT2D eigenvalue weighted by Gasteiger charge is 2.09. The predicted molar refractivity (Wildman–Crippen MR) is 88.3 cm³/mol. The van der Waals surface area contributed by atoms with E-state index in [2.05, 4.69) is 5.32 Å². The monoisotopic (exact) mass is 322 g/mol. The quantitative estimate of drug-likeness (QED) is 0.607. The molecule has 6 heteroatoms. The molecule has 22 heavy (non-hydrogen) atoms. The van der Waals surface area contributed by atoms with Crippen molar-refractivity contribution in [3.8, 4) is 0 Å². The van der Waals surface area contributed by atoms with Gasteiger partial charge in [-0.25, -0.2) is 0 Å². The lowest BCUT2D eigenvalue weighted by Gasteiger charge is -2.16. The largest absolute Gasteiger partial charge is 0.394 e. The Hall–Kier alpha value is -1.95. The maximum absolute atomic E-state index is 10.6. The first kappa shape index (κ1) is 18.1. The van der Waals surface area contributed by atoms with Gasteiger partial charge in [-0.2, -0.15) is 0 Å². The number of rotatable bonds is 7. The molecule has 0 radical (unpaired) electrons. The number of hydrogen-bond donors (Lipinski definition) is 2. The molecule has 0 aromatic heterocycles. The Balaban J connectivity index is 0.00000242. The highest BCUT2D eigenvalue weighted by molar-refractivity contribution is 5.85. The number of non-ortho nitro benzene ring substituents is 1. The summed E-state index contributed by atoms with van der Waals surface area (Å²) in [6.45, 7) is 0.724. The van der Waals surface area contributed by atoms with Gasteiger partial charge in [-0.1, -0.05) is 42.5 Å². The molecule has 0 aliphatic carbocycles. The van der Waals surface area contributed by atoms with Crippen LogP contribution in [-0.4, -0.2) is 23.2 Å². The fourth-order valence-electron chi connectivity index (χ4n) is 2.15. The summed E-state index contributed by atoms with van der Waals surface area (Å²) in [4.78, 5) is 10.2. The minimum atomic E-state index is -0.404. The van der Waals surface area contributed by atoms with Gasteiger partial charge in [0.25, 0.3) is 5.69 Å². The number of nitro groups is 1. The van der Waals surface area contributed by atoms with Crippen molar-refractivity contribution in [3.63, 3.8) is 0 Å². The lowest BCUT2D eigenvalue weighted by Crippen LogP contribution is -2.26. The van der Waals surface area contributed by atoms with Crippen LogP contribution in [0.1, 0.15) is 17.2 Å². The number of aliphatic hydroxyl groups excluding tert-OH is 1. The zero-order valence-corrected chi connectivity index (χ0v) is 12.8. The number of hydrogen-bond acceptors (Lipinski definition) is 4. The first-order chi connectivity index (χ1) is 10.2. The molecule has 118 valence electrons. The Kier molecular flexibility index (Phi) is 7.52. The van der Waals surface area contributed by atoms with E-state index in [-0.39, 0.29) is 30.7 Å². The van der Waals surface area contributed by atoms with Crippen molar-refractivity contribution in [1.82, 2.24) is 5.32 Å². The molecule has 0 saturated carbocycles. The summed E-state index contributed by atoms with van der Waals surface area (Å²) in [5, 5.41) is 23.3. The molecule has 0 heterocycles. The summed E-state index contributed by atoms with van der Waals surface area (Å²) in [5.74, 6) is 0. The average Bonchev–Trinajstić information content (AvgIpc) is 2.53. The molecule has 0 saturated heterocycles. The second-order valence-electron chi connectivity index (χ2n) is 4.77. The minimum Gasteiger partial charge on any atom is -0.394 e. The molecule has 2 rings (SSSR count). The highest BCUT2D eigenvalue weighted by Crippen LogP contribution is 2.14. The standard InChI is InChI=1S/C16H18N2O3.ClH/c19-12-16(14-4-2-1-3-5-14)17-11-10-13-6-8-15(9-7-13)18(20)21;/h1-9,16-17,19H,10-12H2;1H/t16-;/m0./s1. The molecule has 2 N–H and O–H groups in total.